The zero-order chi connectivity index (χ0) is 13.0. The lowest BCUT2D eigenvalue weighted by atomic mass is 10.1. The number of aliphatic hydroxyl groups is 1. The number of β-amino-alcohol motifs (C(OH)–C–C–N with tert-alkyl or cyclic N) is 1. The van der Waals surface area contributed by atoms with Crippen molar-refractivity contribution in [2.24, 2.45) is 0 Å². The Labute approximate surface area is 106 Å². The Hall–Kier alpha value is -1.00. The average molecular weight is 255 g/mol. The van der Waals surface area contributed by atoms with Gasteiger partial charge in [-0.1, -0.05) is 18.9 Å². The van der Waals surface area contributed by atoms with Crippen LogP contribution in [0.3, 0.4) is 0 Å². The van der Waals surface area contributed by atoms with Gasteiger partial charge in [0.25, 0.3) is 0 Å². The molecule has 0 spiro atoms. The highest BCUT2D eigenvalue weighted by atomic mass is 19.2. The molecular weight excluding hydrogens is 236 g/mol. The van der Waals surface area contributed by atoms with Gasteiger partial charge in [-0.15, -0.1) is 0 Å². The predicted octanol–water partition coefficient (Wildman–Crippen LogP) is 2.87. The predicted molar refractivity (Wildman–Crippen MR) is 66.2 cm³/mol. The van der Waals surface area contributed by atoms with E-state index in [1.165, 1.54) is 18.9 Å². The summed E-state index contributed by atoms with van der Waals surface area (Å²) in [5.41, 5.74) is 0.443. The van der Waals surface area contributed by atoms with Gasteiger partial charge in [0.15, 0.2) is 11.6 Å². The van der Waals surface area contributed by atoms with Crippen LogP contribution in [0.1, 0.15) is 37.4 Å². The van der Waals surface area contributed by atoms with Gasteiger partial charge in [0.1, 0.15) is 0 Å². The van der Waals surface area contributed by atoms with Crippen LogP contribution < -0.4 is 0 Å². The molecule has 1 atom stereocenters. The fourth-order valence-electron chi connectivity index (χ4n) is 2.39. The minimum Gasteiger partial charge on any atom is -0.387 e. The van der Waals surface area contributed by atoms with Gasteiger partial charge >= 0.3 is 0 Å². The molecule has 1 fully saturated rings. The first-order chi connectivity index (χ1) is 8.66. The third-order valence-electron chi connectivity index (χ3n) is 3.46. The highest BCUT2D eigenvalue weighted by Crippen LogP contribution is 2.19. The molecular formula is C14H19F2NO. The summed E-state index contributed by atoms with van der Waals surface area (Å²) >= 11 is 0. The van der Waals surface area contributed by atoms with E-state index in [2.05, 4.69) is 4.90 Å². The SMILES string of the molecule is OC(CN1CCCCCC1)c1ccc(F)c(F)c1. The molecule has 2 rings (SSSR count). The van der Waals surface area contributed by atoms with Crippen LogP contribution in [-0.4, -0.2) is 29.6 Å². The summed E-state index contributed by atoms with van der Waals surface area (Å²) in [6.07, 6.45) is 4.00. The Balaban J connectivity index is 1.97. The van der Waals surface area contributed by atoms with E-state index in [-0.39, 0.29) is 0 Å². The Morgan fingerprint density at radius 3 is 2.33 bits per heavy atom. The lowest BCUT2D eigenvalue weighted by Crippen LogP contribution is -2.29. The Kier molecular flexibility index (Phi) is 4.66. The number of likely N-dealkylation sites (tertiary alicyclic amines) is 1. The van der Waals surface area contributed by atoms with E-state index in [0.717, 1.165) is 38.1 Å². The van der Waals surface area contributed by atoms with Crippen LogP contribution in [0.15, 0.2) is 18.2 Å². The highest BCUT2D eigenvalue weighted by molar-refractivity contribution is 5.20. The molecule has 1 unspecified atom stereocenters. The number of nitrogens with zero attached hydrogens (tertiary/aromatic N) is 1. The van der Waals surface area contributed by atoms with E-state index in [0.29, 0.717) is 12.1 Å². The molecule has 0 radical (unpaired) electrons. The van der Waals surface area contributed by atoms with Crippen molar-refractivity contribution < 1.29 is 13.9 Å². The molecule has 18 heavy (non-hydrogen) atoms. The van der Waals surface area contributed by atoms with Crippen LogP contribution >= 0.6 is 0 Å². The molecule has 1 aliphatic rings. The minimum atomic E-state index is -0.901. The van der Waals surface area contributed by atoms with Crippen LogP contribution in [-0.2, 0) is 0 Å². The summed E-state index contributed by atoms with van der Waals surface area (Å²) in [5, 5.41) is 10.0. The van der Waals surface area contributed by atoms with Crippen LogP contribution in [0.2, 0.25) is 0 Å². The fourth-order valence-corrected chi connectivity index (χ4v) is 2.39. The van der Waals surface area contributed by atoms with Crippen molar-refractivity contribution in [3.05, 3.63) is 35.4 Å². The molecule has 1 aromatic rings. The highest BCUT2D eigenvalue weighted by Gasteiger charge is 2.16. The maximum absolute atomic E-state index is 13.1. The maximum atomic E-state index is 13.1. The van der Waals surface area contributed by atoms with E-state index >= 15 is 0 Å². The third kappa shape index (κ3) is 3.50. The lowest BCUT2D eigenvalue weighted by molar-refractivity contribution is 0.114. The normalized spacial score (nSPS) is 19.5. The van der Waals surface area contributed by atoms with E-state index in [1.54, 1.807) is 0 Å². The number of rotatable bonds is 3. The largest absolute Gasteiger partial charge is 0.387 e. The Bertz CT molecular complexity index is 389. The standard InChI is InChI=1S/C14H19F2NO/c15-12-6-5-11(9-13(12)16)14(18)10-17-7-3-1-2-4-8-17/h5-6,9,14,18H,1-4,7-8,10H2. The van der Waals surface area contributed by atoms with Gasteiger partial charge in [0, 0.05) is 6.54 Å². The Morgan fingerprint density at radius 2 is 1.72 bits per heavy atom. The second kappa shape index (κ2) is 6.25. The molecule has 1 aliphatic heterocycles. The second-order valence-corrected chi connectivity index (χ2v) is 4.90. The van der Waals surface area contributed by atoms with Gasteiger partial charge in [0.2, 0.25) is 0 Å². The van der Waals surface area contributed by atoms with E-state index in [9.17, 15) is 13.9 Å². The molecule has 0 amide bonds. The summed E-state index contributed by atoms with van der Waals surface area (Å²) in [4.78, 5) is 2.19. The summed E-state index contributed by atoms with van der Waals surface area (Å²) in [6.45, 7) is 2.44. The van der Waals surface area contributed by atoms with E-state index in [1.807, 2.05) is 0 Å². The summed E-state index contributed by atoms with van der Waals surface area (Å²) in [7, 11) is 0. The molecule has 0 bridgehead atoms. The van der Waals surface area contributed by atoms with Crippen molar-refractivity contribution >= 4 is 0 Å². The van der Waals surface area contributed by atoms with Crippen molar-refractivity contribution in [3.8, 4) is 0 Å². The number of hydrogen-bond donors (Lipinski definition) is 1. The maximum Gasteiger partial charge on any atom is 0.159 e. The lowest BCUT2D eigenvalue weighted by Gasteiger charge is -2.23. The van der Waals surface area contributed by atoms with Gasteiger partial charge in [0.05, 0.1) is 6.10 Å². The van der Waals surface area contributed by atoms with Gasteiger partial charge < -0.3 is 10.0 Å². The van der Waals surface area contributed by atoms with Gasteiger partial charge in [-0.2, -0.15) is 0 Å². The van der Waals surface area contributed by atoms with Gasteiger partial charge in [-0.3, -0.25) is 0 Å². The summed E-state index contributed by atoms with van der Waals surface area (Å²) in [6, 6.07) is 3.59. The molecule has 2 nitrogen and oxygen atoms in total. The Morgan fingerprint density at radius 1 is 1.06 bits per heavy atom. The average Bonchev–Trinajstić information content (AvgIpc) is 2.61. The molecule has 1 N–H and O–H groups in total. The first-order valence-corrected chi connectivity index (χ1v) is 6.52. The summed E-state index contributed by atoms with van der Waals surface area (Å²) < 4.78 is 25.9. The molecule has 1 heterocycles. The van der Waals surface area contributed by atoms with E-state index in [4.69, 9.17) is 0 Å². The van der Waals surface area contributed by atoms with Crippen molar-refractivity contribution in [1.82, 2.24) is 4.90 Å². The van der Waals surface area contributed by atoms with Crippen molar-refractivity contribution in [2.45, 2.75) is 31.8 Å². The zero-order valence-electron chi connectivity index (χ0n) is 10.4. The van der Waals surface area contributed by atoms with E-state index < -0.39 is 17.7 Å². The number of benzene rings is 1. The molecule has 1 aromatic carbocycles. The smallest absolute Gasteiger partial charge is 0.159 e. The van der Waals surface area contributed by atoms with Crippen LogP contribution in [0.5, 0.6) is 0 Å². The van der Waals surface area contributed by atoms with Gasteiger partial charge in [-0.25, -0.2) is 8.78 Å². The zero-order valence-corrected chi connectivity index (χ0v) is 10.4. The first-order valence-electron chi connectivity index (χ1n) is 6.52. The van der Waals surface area contributed by atoms with Crippen molar-refractivity contribution in [1.29, 1.82) is 0 Å². The van der Waals surface area contributed by atoms with Crippen molar-refractivity contribution in [3.63, 3.8) is 0 Å². The molecule has 1 saturated heterocycles. The van der Waals surface area contributed by atoms with Crippen LogP contribution in [0.4, 0.5) is 8.78 Å². The first kappa shape index (κ1) is 13.4. The quantitative estimate of drug-likeness (QED) is 0.897. The van der Waals surface area contributed by atoms with Crippen molar-refractivity contribution in [2.75, 3.05) is 19.6 Å². The molecule has 0 saturated carbocycles. The monoisotopic (exact) mass is 255 g/mol. The fraction of sp³-hybridized carbons (Fsp3) is 0.571. The van der Waals surface area contributed by atoms with Crippen LogP contribution in [0.25, 0.3) is 0 Å². The third-order valence-corrected chi connectivity index (χ3v) is 3.46. The topological polar surface area (TPSA) is 23.5 Å². The minimum absolute atomic E-state index is 0.443. The summed E-state index contributed by atoms with van der Waals surface area (Å²) in [5.74, 6) is -1.77. The second-order valence-electron chi connectivity index (χ2n) is 4.90. The number of halogens is 2. The molecule has 100 valence electrons. The van der Waals surface area contributed by atoms with Gasteiger partial charge in [-0.05, 0) is 43.6 Å². The molecule has 0 aliphatic carbocycles. The number of aliphatic hydroxyl groups excluding tert-OH is 1. The molecule has 0 aromatic heterocycles. The molecule has 4 heteroatoms. The number of hydrogen-bond acceptors (Lipinski definition) is 2. The van der Waals surface area contributed by atoms with Crippen LogP contribution in [0, 0.1) is 11.6 Å².